The van der Waals surface area contributed by atoms with Crippen molar-refractivity contribution in [3.05, 3.63) is 18.4 Å². The normalized spacial score (nSPS) is 9.43. The van der Waals surface area contributed by atoms with Crippen LogP contribution in [-0.2, 0) is 0 Å². The van der Waals surface area contributed by atoms with E-state index in [4.69, 9.17) is 0 Å². The fourth-order valence-electron chi connectivity index (χ4n) is 0.234. The first kappa shape index (κ1) is 4.23. The van der Waals surface area contributed by atoms with E-state index < -0.39 is 12.1 Å². The quantitative estimate of drug-likeness (QED) is 0.491. The predicted molar refractivity (Wildman–Crippen MR) is 16.4 cm³/mol. The Hall–Kier alpha value is -0.930. The fraction of sp³-hybridized carbons (Fsp3) is 0. The first-order valence-corrected chi connectivity index (χ1v) is 1.55. The average molecular weight is 105 g/mol. The highest BCUT2D eigenvalue weighted by Gasteiger charge is 1.96. The van der Waals surface area contributed by atoms with Crippen LogP contribution in [-0.4, -0.2) is 4.98 Å². The Morgan fingerprint density at radius 3 is 2.43 bits per heavy atom. The predicted octanol–water partition coefficient (Wildman–Crippen LogP) is 0.953. The number of nitrogens with zero attached hydrogens (tertiary/aromatic N) is 1. The topological polar surface area (TPSA) is 26.0 Å². The number of halogens is 2. The van der Waals surface area contributed by atoms with Gasteiger partial charge in [0.1, 0.15) is 0 Å². The van der Waals surface area contributed by atoms with Gasteiger partial charge in [0.25, 0.3) is 5.95 Å². The molecule has 4 heteroatoms. The molecule has 0 aliphatic carbocycles. The van der Waals surface area contributed by atoms with E-state index in [1.807, 2.05) is 0 Å². The molecule has 38 valence electrons. The van der Waals surface area contributed by atoms with Gasteiger partial charge in [-0.25, -0.2) is 0 Å². The summed E-state index contributed by atoms with van der Waals surface area (Å²) in [5, 5.41) is 0. The molecule has 0 atom stereocenters. The maximum atomic E-state index is 11.5. The van der Waals surface area contributed by atoms with Crippen molar-refractivity contribution in [2.75, 3.05) is 0 Å². The molecule has 0 aliphatic heterocycles. The van der Waals surface area contributed by atoms with Crippen LogP contribution in [0, 0.1) is 12.1 Å². The van der Waals surface area contributed by atoms with Crippen LogP contribution < -0.4 is 0 Å². The van der Waals surface area contributed by atoms with Crippen molar-refractivity contribution in [2.24, 2.45) is 0 Å². The van der Waals surface area contributed by atoms with Gasteiger partial charge >= 0.3 is 6.14 Å². The maximum Gasteiger partial charge on any atom is 0.384 e. The third-order valence-corrected chi connectivity index (χ3v) is 0.448. The Morgan fingerprint density at radius 1 is 1.57 bits per heavy atom. The minimum atomic E-state index is -1.14. The molecule has 0 aromatic carbocycles. The molecule has 0 spiro atoms. The van der Waals surface area contributed by atoms with Crippen molar-refractivity contribution >= 4 is 0 Å². The van der Waals surface area contributed by atoms with Crippen LogP contribution in [0.15, 0.2) is 10.7 Å². The van der Waals surface area contributed by atoms with Crippen molar-refractivity contribution in [3.63, 3.8) is 0 Å². The van der Waals surface area contributed by atoms with Crippen LogP contribution in [0.5, 0.6) is 0 Å². The highest BCUT2D eigenvalue weighted by molar-refractivity contribution is 4.66. The van der Waals surface area contributed by atoms with Crippen LogP contribution in [0.3, 0.4) is 0 Å². The molecular formula is C3HF2NO. The largest absolute Gasteiger partial charge is 0.420 e. The Bertz CT molecular complexity index is 145. The second kappa shape index (κ2) is 1.29. The Labute approximate surface area is 37.8 Å². The molecule has 7 heavy (non-hydrogen) atoms. The summed E-state index contributed by atoms with van der Waals surface area (Å²) < 4.78 is 26.7. The van der Waals surface area contributed by atoms with Crippen LogP contribution in [0.2, 0.25) is 0 Å². The molecule has 1 aromatic heterocycles. The third-order valence-electron chi connectivity index (χ3n) is 0.448. The molecule has 1 aromatic rings. The summed E-state index contributed by atoms with van der Waals surface area (Å²) in [5.74, 6) is -0.933. The summed E-state index contributed by atoms with van der Waals surface area (Å²) in [6, 6.07) is 0. The van der Waals surface area contributed by atoms with E-state index in [0.717, 1.165) is 0 Å². The third kappa shape index (κ3) is 0.734. The highest BCUT2D eigenvalue weighted by Crippen LogP contribution is 1.94. The summed E-state index contributed by atoms with van der Waals surface area (Å²) >= 11 is 0. The van der Waals surface area contributed by atoms with Crippen molar-refractivity contribution in [2.45, 2.75) is 0 Å². The molecule has 0 radical (unpaired) electrons. The van der Waals surface area contributed by atoms with Crippen LogP contribution in [0.4, 0.5) is 8.78 Å². The summed E-state index contributed by atoms with van der Waals surface area (Å²) in [6.45, 7) is 0. The molecule has 0 aliphatic rings. The molecule has 0 unspecified atom stereocenters. The lowest BCUT2D eigenvalue weighted by Crippen LogP contribution is -1.69. The van der Waals surface area contributed by atoms with Crippen molar-refractivity contribution in [3.8, 4) is 0 Å². The van der Waals surface area contributed by atoms with Crippen molar-refractivity contribution in [1.29, 1.82) is 0 Å². The van der Waals surface area contributed by atoms with E-state index in [1.54, 1.807) is 0 Å². The van der Waals surface area contributed by atoms with E-state index in [0.29, 0.717) is 6.26 Å². The van der Waals surface area contributed by atoms with E-state index in [9.17, 15) is 8.78 Å². The smallest absolute Gasteiger partial charge is 0.384 e. The zero-order valence-corrected chi connectivity index (χ0v) is 3.19. The number of aromatic nitrogens is 1. The van der Waals surface area contributed by atoms with Crippen molar-refractivity contribution in [1.82, 2.24) is 4.98 Å². The molecule has 0 fully saturated rings. The standard InChI is InChI=1S/C3HF2NO/c4-2-1-7-3(5)6-2/h1H. The molecule has 1 heterocycles. The second-order valence-corrected chi connectivity index (χ2v) is 0.923. The van der Waals surface area contributed by atoms with Gasteiger partial charge in [0.2, 0.25) is 0 Å². The fourth-order valence-corrected chi connectivity index (χ4v) is 0.234. The van der Waals surface area contributed by atoms with Gasteiger partial charge < -0.3 is 4.42 Å². The van der Waals surface area contributed by atoms with E-state index >= 15 is 0 Å². The van der Waals surface area contributed by atoms with E-state index in [-0.39, 0.29) is 0 Å². The molecular weight excluding hydrogens is 104 g/mol. The minimum Gasteiger partial charge on any atom is -0.420 e. The Kier molecular flexibility index (Phi) is 0.780. The zero-order valence-electron chi connectivity index (χ0n) is 3.19. The lowest BCUT2D eigenvalue weighted by Gasteiger charge is -1.61. The summed E-state index contributed by atoms with van der Waals surface area (Å²) in [4.78, 5) is 2.61. The monoisotopic (exact) mass is 105 g/mol. The number of hydrogen-bond donors (Lipinski definition) is 0. The number of hydrogen-bond acceptors (Lipinski definition) is 2. The molecule has 0 saturated heterocycles. The first-order chi connectivity index (χ1) is 3.29. The van der Waals surface area contributed by atoms with Gasteiger partial charge in [-0.15, -0.1) is 4.39 Å². The van der Waals surface area contributed by atoms with Gasteiger partial charge in [-0.2, -0.15) is 9.37 Å². The molecule has 0 saturated carbocycles. The minimum absolute atomic E-state index is 0.593. The number of rotatable bonds is 0. The average Bonchev–Trinajstić information content (AvgIpc) is 1.87. The van der Waals surface area contributed by atoms with E-state index in [2.05, 4.69) is 9.40 Å². The van der Waals surface area contributed by atoms with Crippen molar-refractivity contribution < 1.29 is 13.2 Å². The lowest BCUT2D eigenvalue weighted by molar-refractivity contribution is 0.336. The van der Waals surface area contributed by atoms with Gasteiger partial charge in [0.05, 0.1) is 0 Å². The molecule has 0 N–H and O–H groups in total. The Balaban J connectivity index is 3.04. The summed E-state index contributed by atoms with van der Waals surface area (Å²) in [6.07, 6.45) is -0.549. The molecule has 1 rings (SSSR count). The zero-order chi connectivity index (χ0) is 5.28. The second-order valence-electron chi connectivity index (χ2n) is 0.923. The van der Waals surface area contributed by atoms with Crippen LogP contribution >= 0.6 is 0 Å². The van der Waals surface area contributed by atoms with Gasteiger partial charge in [0, 0.05) is 0 Å². The SMILES string of the molecule is Fc1coc(F)n1. The molecule has 2 nitrogen and oxygen atoms in total. The first-order valence-electron chi connectivity index (χ1n) is 1.55. The van der Waals surface area contributed by atoms with Crippen LogP contribution in [0.1, 0.15) is 0 Å². The van der Waals surface area contributed by atoms with E-state index in [1.165, 1.54) is 0 Å². The van der Waals surface area contributed by atoms with Gasteiger partial charge in [-0.05, 0) is 0 Å². The molecule has 0 amide bonds. The van der Waals surface area contributed by atoms with Gasteiger partial charge in [0.15, 0.2) is 6.26 Å². The summed E-state index contributed by atoms with van der Waals surface area (Å²) in [5.41, 5.74) is 0. The summed E-state index contributed by atoms with van der Waals surface area (Å²) in [7, 11) is 0. The van der Waals surface area contributed by atoms with Gasteiger partial charge in [-0.3, -0.25) is 0 Å². The molecule has 0 bridgehead atoms. The number of oxazole rings is 1. The lowest BCUT2D eigenvalue weighted by atomic mass is 10.9. The maximum absolute atomic E-state index is 11.5. The highest BCUT2D eigenvalue weighted by atomic mass is 19.1. The van der Waals surface area contributed by atoms with Crippen LogP contribution in [0.25, 0.3) is 0 Å². The Morgan fingerprint density at radius 2 is 2.29 bits per heavy atom. The van der Waals surface area contributed by atoms with Gasteiger partial charge in [-0.1, -0.05) is 0 Å².